The Kier molecular flexibility index (Phi) is 7.25. The third-order valence-electron chi connectivity index (χ3n) is 5.05. The molecule has 154 valence electrons. The van der Waals surface area contributed by atoms with Crippen LogP contribution in [0.2, 0.25) is 0 Å². The Balaban J connectivity index is 0.00000280. The molecule has 0 atom stereocenters. The van der Waals surface area contributed by atoms with Gasteiger partial charge in [-0.05, 0) is 45.0 Å². The molecule has 0 spiro atoms. The minimum atomic E-state index is -3.50. The van der Waals surface area contributed by atoms with E-state index in [1.807, 2.05) is 31.2 Å². The van der Waals surface area contributed by atoms with Gasteiger partial charge in [-0.25, -0.2) is 13.4 Å². The minimum Gasteiger partial charge on any atom is -0.444 e. The summed E-state index contributed by atoms with van der Waals surface area (Å²) in [5.41, 5.74) is 2.76. The average molecular weight is 428 g/mol. The number of nitrogens with zero attached hydrogens (tertiary/aromatic N) is 1. The average Bonchev–Trinajstić information content (AvgIpc) is 3.11. The van der Waals surface area contributed by atoms with Gasteiger partial charge >= 0.3 is 0 Å². The molecule has 1 fully saturated rings. The zero-order chi connectivity index (χ0) is 19.5. The van der Waals surface area contributed by atoms with E-state index in [0.717, 1.165) is 17.4 Å². The summed E-state index contributed by atoms with van der Waals surface area (Å²) in [6, 6.07) is 7.87. The van der Waals surface area contributed by atoms with Crippen molar-refractivity contribution in [2.75, 3.05) is 25.9 Å². The normalized spacial score (nSPS) is 16.2. The topological polar surface area (TPSA) is 101 Å². The van der Waals surface area contributed by atoms with Crippen molar-refractivity contribution >= 4 is 28.2 Å². The van der Waals surface area contributed by atoms with Gasteiger partial charge in [0.2, 0.25) is 11.8 Å². The van der Waals surface area contributed by atoms with E-state index >= 15 is 0 Å². The van der Waals surface area contributed by atoms with Crippen LogP contribution in [-0.2, 0) is 21.1 Å². The lowest BCUT2D eigenvalue weighted by Gasteiger charge is -2.34. The van der Waals surface area contributed by atoms with Crippen LogP contribution in [0.3, 0.4) is 0 Å². The van der Waals surface area contributed by atoms with E-state index in [1.54, 1.807) is 6.26 Å². The molecule has 1 aromatic carbocycles. The molecule has 1 amide bonds. The molecule has 0 unspecified atom stereocenters. The lowest BCUT2D eigenvalue weighted by atomic mass is 9.96. The Labute approximate surface area is 171 Å². The van der Waals surface area contributed by atoms with E-state index in [2.05, 4.69) is 15.6 Å². The van der Waals surface area contributed by atoms with Crippen LogP contribution < -0.4 is 10.6 Å². The number of halogens is 1. The number of carbonyl (C=O) groups excluding carboxylic acids is 1. The van der Waals surface area contributed by atoms with Crippen LogP contribution in [0.4, 0.5) is 0 Å². The van der Waals surface area contributed by atoms with Crippen molar-refractivity contribution in [3.05, 3.63) is 41.8 Å². The lowest BCUT2D eigenvalue weighted by Crippen LogP contribution is -2.57. The van der Waals surface area contributed by atoms with Crippen molar-refractivity contribution in [1.29, 1.82) is 0 Å². The van der Waals surface area contributed by atoms with E-state index in [1.165, 1.54) is 0 Å². The lowest BCUT2D eigenvalue weighted by molar-refractivity contribution is -0.124. The first-order chi connectivity index (χ1) is 12.8. The van der Waals surface area contributed by atoms with Gasteiger partial charge in [0, 0.05) is 24.8 Å². The van der Waals surface area contributed by atoms with Gasteiger partial charge in [-0.1, -0.05) is 17.7 Å². The molecule has 0 radical (unpaired) electrons. The first kappa shape index (κ1) is 22.4. The molecular weight excluding hydrogens is 402 g/mol. The molecule has 1 aliphatic heterocycles. The van der Waals surface area contributed by atoms with Crippen LogP contribution in [0, 0.1) is 6.92 Å². The number of piperidine rings is 1. The number of oxazole rings is 1. The largest absolute Gasteiger partial charge is 0.444 e. The number of carbonyl (C=O) groups is 1. The van der Waals surface area contributed by atoms with Crippen LogP contribution in [0.1, 0.15) is 24.1 Å². The van der Waals surface area contributed by atoms with Gasteiger partial charge in [-0.15, -0.1) is 12.4 Å². The van der Waals surface area contributed by atoms with Crippen LogP contribution in [0.5, 0.6) is 0 Å². The zero-order valence-corrected chi connectivity index (χ0v) is 17.7. The van der Waals surface area contributed by atoms with Gasteiger partial charge in [-0.2, -0.15) is 0 Å². The Morgan fingerprint density at radius 2 is 1.89 bits per heavy atom. The van der Waals surface area contributed by atoms with E-state index in [9.17, 15) is 13.2 Å². The summed E-state index contributed by atoms with van der Waals surface area (Å²) in [6.45, 7) is 3.36. The van der Waals surface area contributed by atoms with Crippen LogP contribution >= 0.6 is 12.4 Å². The van der Waals surface area contributed by atoms with Gasteiger partial charge in [0.25, 0.3) is 0 Å². The molecule has 1 aromatic heterocycles. The van der Waals surface area contributed by atoms with E-state index in [4.69, 9.17) is 4.42 Å². The summed E-state index contributed by atoms with van der Waals surface area (Å²) < 4.78 is 28.7. The maximum Gasteiger partial charge on any atom is 0.241 e. The number of aromatic nitrogens is 1. The molecule has 2 heterocycles. The van der Waals surface area contributed by atoms with E-state index < -0.39 is 20.5 Å². The van der Waals surface area contributed by atoms with Crippen LogP contribution in [0.25, 0.3) is 11.5 Å². The summed E-state index contributed by atoms with van der Waals surface area (Å²) in [4.78, 5) is 17.1. The van der Waals surface area contributed by atoms with E-state index in [-0.39, 0.29) is 12.4 Å². The standard InChI is InChI=1S/C19H25N3O4S.ClH/c1-14-3-5-15(6-4-14)17-22-16(13-26-17)7-10-21-18(23)19(27(2,24)25)8-11-20-12-9-19;/h3-6,13,20H,7-12H2,1-2H3,(H,21,23);1H. The van der Waals surface area contributed by atoms with Gasteiger partial charge < -0.3 is 15.1 Å². The van der Waals surface area contributed by atoms with Gasteiger partial charge in [0.1, 0.15) is 6.26 Å². The number of hydrogen-bond donors (Lipinski definition) is 2. The quantitative estimate of drug-likeness (QED) is 0.730. The SMILES string of the molecule is Cc1ccc(-c2nc(CCNC(=O)C3(S(C)(=O)=O)CCNCC3)co2)cc1.Cl. The summed E-state index contributed by atoms with van der Waals surface area (Å²) in [5.74, 6) is 0.107. The van der Waals surface area contributed by atoms with Crippen molar-refractivity contribution in [1.82, 2.24) is 15.6 Å². The highest BCUT2D eigenvalue weighted by atomic mass is 35.5. The maximum absolute atomic E-state index is 12.7. The fourth-order valence-corrected chi connectivity index (χ4v) is 4.67. The number of hydrogen-bond acceptors (Lipinski definition) is 6. The fraction of sp³-hybridized carbons (Fsp3) is 0.474. The number of aryl methyl sites for hydroxylation is 1. The highest BCUT2D eigenvalue weighted by Gasteiger charge is 2.48. The Morgan fingerprint density at radius 3 is 2.50 bits per heavy atom. The first-order valence-electron chi connectivity index (χ1n) is 9.02. The molecule has 1 saturated heterocycles. The van der Waals surface area contributed by atoms with E-state index in [0.29, 0.717) is 50.5 Å². The molecule has 9 heteroatoms. The molecule has 0 saturated carbocycles. The van der Waals surface area contributed by atoms with Gasteiger partial charge in [0.05, 0.1) is 5.69 Å². The molecule has 7 nitrogen and oxygen atoms in total. The predicted molar refractivity (Wildman–Crippen MR) is 110 cm³/mol. The third-order valence-corrected chi connectivity index (χ3v) is 7.06. The van der Waals surface area contributed by atoms with Crippen molar-refractivity contribution in [2.24, 2.45) is 0 Å². The fourth-order valence-electron chi connectivity index (χ4n) is 3.31. The second kappa shape index (κ2) is 9.07. The Morgan fingerprint density at radius 1 is 1.25 bits per heavy atom. The van der Waals surface area contributed by atoms with Gasteiger partial charge in [0.15, 0.2) is 14.6 Å². The second-order valence-corrected chi connectivity index (χ2v) is 9.36. The van der Waals surface area contributed by atoms with Crippen molar-refractivity contribution in [3.63, 3.8) is 0 Å². The van der Waals surface area contributed by atoms with Crippen molar-refractivity contribution < 1.29 is 17.6 Å². The Hall–Kier alpha value is -1.90. The van der Waals surface area contributed by atoms with Crippen LogP contribution in [0.15, 0.2) is 34.9 Å². The smallest absolute Gasteiger partial charge is 0.241 e. The molecule has 28 heavy (non-hydrogen) atoms. The summed E-state index contributed by atoms with van der Waals surface area (Å²) in [5, 5.41) is 5.88. The molecular formula is C19H26ClN3O4S. The summed E-state index contributed by atoms with van der Waals surface area (Å²) in [6.07, 6.45) is 3.76. The third kappa shape index (κ3) is 4.74. The monoisotopic (exact) mass is 427 g/mol. The second-order valence-electron chi connectivity index (χ2n) is 7.03. The number of benzene rings is 1. The minimum absolute atomic E-state index is 0. The molecule has 1 aliphatic rings. The number of nitrogens with one attached hydrogen (secondary N) is 2. The zero-order valence-electron chi connectivity index (χ0n) is 16.0. The maximum atomic E-state index is 12.7. The predicted octanol–water partition coefficient (Wildman–Crippen LogP) is 1.90. The molecule has 2 aromatic rings. The summed E-state index contributed by atoms with van der Waals surface area (Å²) >= 11 is 0. The number of rotatable bonds is 6. The summed E-state index contributed by atoms with van der Waals surface area (Å²) in [7, 11) is -3.50. The molecule has 2 N–H and O–H groups in total. The number of amides is 1. The number of sulfone groups is 1. The molecule has 0 bridgehead atoms. The van der Waals surface area contributed by atoms with Crippen molar-refractivity contribution in [2.45, 2.75) is 30.9 Å². The highest BCUT2D eigenvalue weighted by Crippen LogP contribution is 2.28. The molecule has 3 rings (SSSR count). The van der Waals surface area contributed by atoms with Crippen LogP contribution in [-0.4, -0.2) is 49.9 Å². The first-order valence-corrected chi connectivity index (χ1v) is 10.9. The Bertz CT molecular complexity index is 904. The highest BCUT2D eigenvalue weighted by molar-refractivity contribution is 7.92. The van der Waals surface area contributed by atoms with Gasteiger partial charge in [-0.3, -0.25) is 4.79 Å². The molecule has 0 aliphatic carbocycles. The van der Waals surface area contributed by atoms with Crippen molar-refractivity contribution in [3.8, 4) is 11.5 Å².